The number of halogens is 1. The predicted molar refractivity (Wildman–Crippen MR) is 95.4 cm³/mol. The third kappa shape index (κ3) is 2.42. The fourth-order valence-electron chi connectivity index (χ4n) is 4.20. The summed E-state index contributed by atoms with van der Waals surface area (Å²) in [5.41, 5.74) is 1.42. The SMILES string of the molecule is O=C(c1c[nH]c2ncccc12)N1CC2CN(c3ccc(F)cn3)CC2C1. The normalized spacial score (nSPS) is 22.2. The van der Waals surface area contributed by atoms with E-state index in [4.69, 9.17) is 0 Å². The number of likely N-dealkylation sites (tertiary alicyclic amines) is 1. The van der Waals surface area contributed by atoms with Crippen LogP contribution in [0.3, 0.4) is 0 Å². The maximum Gasteiger partial charge on any atom is 0.256 e. The summed E-state index contributed by atoms with van der Waals surface area (Å²) in [4.78, 5) is 28.6. The number of hydrogen-bond donors (Lipinski definition) is 1. The average molecular weight is 351 g/mol. The zero-order valence-corrected chi connectivity index (χ0v) is 14.1. The summed E-state index contributed by atoms with van der Waals surface area (Å²) in [7, 11) is 0. The minimum atomic E-state index is -0.321. The van der Waals surface area contributed by atoms with E-state index in [1.54, 1.807) is 18.5 Å². The molecule has 0 bridgehead atoms. The fourth-order valence-corrected chi connectivity index (χ4v) is 4.20. The quantitative estimate of drug-likeness (QED) is 0.769. The number of carbonyl (C=O) groups is 1. The van der Waals surface area contributed by atoms with Crippen molar-refractivity contribution in [1.82, 2.24) is 19.9 Å². The van der Waals surface area contributed by atoms with E-state index in [1.807, 2.05) is 17.0 Å². The number of H-pyrrole nitrogens is 1. The monoisotopic (exact) mass is 351 g/mol. The van der Waals surface area contributed by atoms with Crippen molar-refractivity contribution in [3.8, 4) is 0 Å². The van der Waals surface area contributed by atoms with E-state index in [9.17, 15) is 9.18 Å². The molecule has 0 aromatic carbocycles. The summed E-state index contributed by atoms with van der Waals surface area (Å²) in [6.45, 7) is 3.19. The van der Waals surface area contributed by atoms with E-state index in [0.29, 0.717) is 17.4 Å². The first-order valence-corrected chi connectivity index (χ1v) is 8.77. The van der Waals surface area contributed by atoms with E-state index in [2.05, 4.69) is 19.9 Å². The van der Waals surface area contributed by atoms with Crippen LogP contribution in [0.1, 0.15) is 10.4 Å². The zero-order valence-electron chi connectivity index (χ0n) is 14.1. The Balaban J connectivity index is 1.30. The average Bonchev–Trinajstić information content (AvgIpc) is 3.34. The van der Waals surface area contributed by atoms with E-state index >= 15 is 0 Å². The highest BCUT2D eigenvalue weighted by Crippen LogP contribution is 2.34. The Kier molecular flexibility index (Phi) is 3.41. The molecule has 3 aromatic rings. The Labute approximate surface area is 149 Å². The van der Waals surface area contributed by atoms with Gasteiger partial charge in [0.05, 0.1) is 11.8 Å². The van der Waals surface area contributed by atoms with Crippen LogP contribution < -0.4 is 4.90 Å². The molecule has 2 fully saturated rings. The van der Waals surface area contributed by atoms with Crippen molar-refractivity contribution >= 4 is 22.8 Å². The van der Waals surface area contributed by atoms with Gasteiger partial charge in [-0.3, -0.25) is 4.79 Å². The topological polar surface area (TPSA) is 65.1 Å². The molecule has 3 aromatic heterocycles. The minimum absolute atomic E-state index is 0.0603. The Morgan fingerprint density at radius 1 is 1.12 bits per heavy atom. The van der Waals surface area contributed by atoms with Crippen LogP contribution in [0.5, 0.6) is 0 Å². The van der Waals surface area contributed by atoms with Gasteiger partial charge in [-0.2, -0.15) is 0 Å². The highest BCUT2D eigenvalue weighted by Gasteiger charge is 2.42. The summed E-state index contributed by atoms with van der Waals surface area (Å²) < 4.78 is 13.1. The van der Waals surface area contributed by atoms with Gasteiger partial charge in [0.25, 0.3) is 5.91 Å². The molecule has 7 heteroatoms. The van der Waals surface area contributed by atoms with Gasteiger partial charge in [0.2, 0.25) is 0 Å². The van der Waals surface area contributed by atoms with E-state index < -0.39 is 0 Å². The molecule has 1 amide bonds. The van der Waals surface area contributed by atoms with Crippen LogP contribution in [0.4, 0.5) is 10.2 Å². The molecule has 0 spiro atoms. The van der Waals surface area contributed by atoms with Gasteiger partial charge in [-0.15, -0.1) is 0 Å². The molecule has 2 aliphatic heterocycles. The molecule has 0 aliphatic carbocycles. The molecule has 132 valence electrons. The van der Waals surface area contributed by atoms with Gasteiger partial charge in [-0.1, -0.05) is 0 Å². The largest absolute Gasteiger partial charge is 0.356 e. The molecule has 2 aliphatic rings. The second kappa shape index (κ2) is 5.79. The van der Waals surface area contributed by atoms with Crippen LogP contribution in [-0.4, -0.2) is 51.9 Å². The number of fused-ring (bicyclic) bond motifs is 2. The first-order valence-electron chi connectivity index (χ1n) is 8.77. The number of pyridine rings is 2. The van der Waals surface area contributed by atoms with Gasteiger partial charge in [-0.05, 0) is 24.3 Å². The highest BCUT2D eigenvalue weighted by atomic mass is 19.1. The highest BCUT2D eigenvalue weighted by molar-refractivity contribution is 6.06. The van der Waals surface area contributed by atoms with Gasteiger partial charge in [0.15, 0.2) is 0 Å². The molecule has 2 saturated heterocycles. The fraction of sp³-hybridized carbons (Fsp3) is 0.316. The molecule has 2 atom stereocenters. The van der Waals surface area contributed by atoms with Crippen molar-refractivity contribution in [1.29, 1.82) is 0 Å². The van der Waals surface area contributed by atoms with Gasteiger partial charge in [-0.25, -0.2) is 14.4 Å². The lowest BCUT2D eigenvalue weighted by Crippen LogP contribution is -2.33. The molecule has 5 rings (SSSR count). The Morgan fingerprint density at radius 2 is 1.92 bits per heavy atom. The molecule has 2 unspecified atom stereocenters. The number of anilines is 1. The number of aromatic nitrogens is 3. The lowest BCUT2D eigenvalue weighted by Gasteiger charge is -2.22. The Morgan fingerprint density at radius 3 is 2.65 bits per heavy atom. The smallest absolute Gasteiger partial charge is 0.256 e. The molecule has 26 heavy (non-hydrogen) atoms. The van der Waals surface area contributed by atoms with Crippen LogP contribution in [0.2, 0.25) is 0 Å². The van der Waals surface area contributed by atoms with Crippen LogP contribution in [0.25, 0.3) is 11.0 Å². The van der Waals surface area contributed by atoms with E-state index in [-0.39, 0.29) is 11.7 Å². The maximum absolute atomic E-state index is 13.1. The Bertz CT molecular complexity index is 955. The van der Waals surface area contributed by atoms with E-state index in [0.717, 1.165) is 43.0 Å². The minimum Gasteiger partial charge on any atom is -0.356 e. The van der Waals surface area contributed by atoms with Gasteiger partial charge >= 0.3 is 0 Å². The number of amides is 1. The number of aromatic amines is 1. The summed E-state index contributed by atoms with van der Waals surface area (Å²) in [5, 5.41) is 0.867. The van der Waals surface area contributed by atoms with Crippen LogP contribution >= 0.6 is 0 Å². The predicted octanol–water partition coefficient (Wildman–Crippen LogP) is 2.31. The van der Waals surface area contributed by atoms with Crippen molar-refractivity contribution in [2.24, 2.45) is 11.8 Å². The summed E-state index contributed by atoms with van der Waals surface area (Å²) >= 11 is 0. The van der Waals surface area contributed by atoms with Crippen molar-refractivity contribution in [3.63, 3.8) is 0 Å². The number of carbonyl (C=O) groups excluding carboxylic acids is 1. The first-order chi connectivity index (χ1) is 12.7. The molecular formula is C19H18FN5O. The lowest BCUT2D eigenvalue weighted by molar-refractivity contribution is 0.0784. The third-order valence-electron chi connectivity index (χ3n) is 5.49. The van der Waals surface area contributed by atoms with E-state index in [1.165, 1.54) is 12.3 Å². The van der Waals surface area contributed by atoms with Crippen LogP contribution in [0.15, 0.2) is 42.9 Å². The molecule has 6 nitrogen and oxygen atoms in total. The maximum atomic E-state index is 13.1. The van der Waals surface area contributed by atoms with Gasteiger partial charge < -0.3 is 14.8 Å². The summed E-state index contributed by atoms with van der Waals surface area (Å²) in [6, 6.07) is 6.93. The van der Waals surface area contributed by atoms with Crippen molar-refractivity contribution < 1.29 is 9.18 Å². The second-order valence-corrected chi connectivity index (χ2v) is 7.07. The zero-order chi connectivity index (χ0) is 17.7. The van der Waals surface area contributed by atoms with Gasteiger partial charge in [0, 0.05) is 55.8 Å². The van der Waals surface area contributed by atoms with Gasteiger partial charge in [0.1, 0.15) is 17.3 Å². The number of hydrogen-bond acceptors (Lipinski definition) is 4. The van der Waals surface area contributed by atoms with Crippen molar-refractivity contribution in [2.45, 2.75) is 0 Å². The summed E-state index contributed by atoms with van der Waals surface area (Å²) in [6.07, 6.45) is 4.72. The molecule has 0 saturated carbocycles. The molecular weight excluding hydrogens is 333 g/mol. The van der Waals surface area contributed by atoms with Crippen LogP contribution in [-0.2, 0) is 0 Å². The summed E-state index contributed by atoms with van der Waals surface area (Å²) in [5.74, 6) is 1.40. The van der Waals surface area contributed by atoms with Crippen molar-refractivity contribution in [3.05, 3.63) is 54.2 Å². The lowest BCUT2D eigenvalue weighted by atomic mass is 10.0. The van der Waals surface area contributed by atoms with Crippen LogP contribution in [0, 0.1) is 17.7 Å². The second-order valence-electron chi connectivity index (χ2n) is 7.07. The Hall–Kier alpha value is -2.96. The van der Waals surface area contributed by atoms with Crippen molar-refractivity contribution in [2.75, 3.05) is 31.1 Å². The number of nitrogens with one attached hydrogen (secondary N) is 1. The number of rotatable bonds is 2. The standard InChI is InChI=1S/C19H18FN5O/c20-14-3-4-17(22-6-14)24-8-12-10-25(11-13(12)9-24)19(26)16-7-23-18-15(16)2-1-5-21-18/h1-7,12-13H,8-11H2,(H,21,23). The number of nitrogens with zero attached hydrogens (tertiary/aromatic N) is 4. The molecule has 5 heterocycles. The molecule has 1 N–H and O–H groups in total. The first kappa shape index (κ1) is 15.3. The third-order valence-corrected chi connectivity index (χ3v) is 5.49. The molecule has 0 radical (unpaired) electrons.